The molecule has 0 saturated carbocycles. The zero-order chi connectivity index (χ0) is 19.3. The molecule has 3 N–H and O–H groups in total. The van der Waals surface area contributed by atoms with Crippen LogP contribution in [0, 0.1) is 5.82 Å². The summed E-state index contributed by atoms with van der Waals surface area (Å²) in [6, 6.07) is 8.71. The van der Waals surface area contributed by atoms with Gasteiger partial charge >= 0.3 is 5.97 Å². The predicted octanol–water partition coefficient (Wildman–Crippen LogP) is 2.92. The summed E-state index contributed by atoms with van der Waals surface area (Å²) in [7, 11) is 0. The predicted molar refractivity (Wildman–Crippen MR) is 94.7 cm³/mol. The highest BCUT2D eigenvalue weighted by molar-refractivity contribution is 6.01. The van der Waals surface area contributed by atoms with Crippen LogP contribution in [-0.4, -0.2) is 23.7 Å². The lowest BCUT2D eigenvalue weighted by atomic mass is 10.1. The number of ether oxygens (including phenoxy) is 1. The number of rotatable bonds is 6. The molecule has 1 amide bonds. The third-order valence-corrected chi connectivity index (χ3v) is 3.55. The van der Waals surface area contributed by atoms with Crippen LogP contribution < -0.4 is 15.8 Å². The van der Waals surface area contributed by atoms with Crippen LogP contribution in [0.5, 0.6) is 5.75 Å². The molecule has 0 aliphatic heterocycles. The largest absolute Gasteiger partial charge is 0.422 e. The van der Waals surface area contributed by atoms with Crippen molar-refractivity contribution in [2.45, 2.75) is 26.3 Å². The van der Waals surface area contributed by atoms with E-state index in [1.165, 1.54) is 25.1 Å². The summed E-state index contributed by atoms with van der Waals surface area (Å²) in [5, 5.41) is 2.56. The lowest BCUT2D eigenvalue weighted by molar-refractivity contribution is -0.117. The molecule has 2 aromatic rings. The molecular formula is C19H19FN2O4. The Bertz CT molecular complexity index is 849. The number of Topliss-reactive ketones (excluding diaryl/α,β-unsaturated/α-hetero) is 1. The monoisotopic (exact) mass is 358 g/mol. The summed E-state index contributed by atoms with van der Waals surface area (Å²) in [6.07, 6.45) is 0.189. The number of hydrogen-bond donors (Lipinski definition) is 2. The van der Waals surface area contributed by atoms with E-state index in [4.69, 9.17) is 10.5 Å². The number of ketones is 1. The van der Waals surface area contributed by atoms with Crippen molar-refractivity contribution in [1.29, 1.82) is 0 Å². The summed E-state index contributed by atoms with van der Waals surface area (Å²) in [5.41, 5.74) is 6.11. The first kappa shape index (κ1) is 19.3. The lowest BCUT2D eigenvalue weighted by Gasteiger charge is -2.11. The van der Waals surface area contributed by atoms with Gasteiger partial charge in [0, 0.05) is 18.2 Å². The Morgan fingerprint density at radius 3 is 2.58 bits per heavy atom. The molecule has 0 heterocycles. The molecule has 0 radical (unpaired) electrons. The Hall–Kier alpha value is -3.06. The first-order valence-electron chi connectivity index (χ1n) is 8.03. The molecule has 2 aromatic carbocycles. The Balaban J connectivity index is 2.24. The minimum atomic E-state index is -0.780. The molecule has 0 aliphatic rings. The quantitative estimate of drug-likeness (QED) is 0.470. The Kier molecular flexibility index (Phi) is 6.19. The first-order chi connectivity index (χ1) is 12.3. The summed E-state index contributed by atoms with van der Waals surface area (Å²) in [6.45, 7) is 3.19. The minimum Gasteiger partial charge on any atom is -0.422 e. The van der Waals surface area contributed by atoms with Gasteiger partial charge in [0.05, 0.1) is 17.2 Å². The SMILES string of the molecule is CCC(=O)c1ccc(F)cc1OC(=O)c1cccc(NC(=O)[C@H](C)N)c1. The van der Waals surface area contributed by atoms with E-state index in [0.717, 1.165) is 12.1 Å². The number of hydrogen-bond acceptors (Lipinski definition) is 5. The molecule has 0 aromatic heterocycles. The van der Waals surface area contributed by atoms with E-state index < -0.39 is 23.7 Å². The minimum absolute atomic E-state index is 0.128. The van der Waals surface area contributed by atoms with Gasteiger partial charge in [-0.05, 0) is 37.3 Å². The van der Waals surface area contributed by atoms with E-state index in [2.05, 4.69) is 5.32 Å². The zero-order valence-electron chi connectivity index (χ0n) is 14.4. The van der Waals surface area contributed by atoms with Crippen molar-refractivity contribution in [3.63, 3.8) is 0 Å². The highest BCUT2D eigenvalue weighted by Gasteiger charge is 2.17. The van der Waals surface area contributed by atoms with Gasteiger partial charge in [-0.15, -0.1) is 0 Å². The van der Waals surface area contributed by atoms with Gasteiger partial charge in [0.1, 0.15) is 11.6 Å². The molecule has 0 aliphatic carbocycles. The van der Waals surface area contributed by atoms with Crippen molar-refractivity contribution < 1.29 is 23.5 Å². The number of anilines is 1. The maximum absolute atomic E-state index is 13.5. The average Bonchev–Trinajstić information content (AvgIpc) is 2.61. The van der Waals surface area contributed by atoms with Crippen LogP contribution in [0.25, 0.3) is 0 Å². The molecule has 0 fully saturated rings. The normalized spacial score (nSPS) is 11.5. The van der Waals surface area contributed by atoms with Gasteiger partial charge in [-0.2, -0.15) is 0 Å². The lowest BCUT2D eigenvalue weighted by Crippen LogP contribution is -2.32. The smallest absolute Gasteiger partial charge is 0.343 e. The van der Waals surface area contributed by atoms with Gasteiger partial charge in [0.25, 0.3) is 0 Å². The first-order valence-corrected chi connectivity index (χ1v) is 8.03. The number of amides is 1. The molecule has 1 atom stereocenters. The Labute approximate surface area is 150 Å². The van der Waals surface area contributed by atoms with Gasteiger partial charge in [-0.1, -0.05) is 13.0 Å². The molecule has 0 saturated heterocycles. The summed E-state index contributed by atoms with van der Waals surface area (Å²) in [4.78, 5) is 35.9. The number of nitrogens with two attached hydrogens (primary N) is 1. The number of carbonyl (C=O) groups excluding carboxylic acids is 3. The van der Waals surface area contributed by atoms with Gasteiger partial charge in [0.15, 0.2) is 5.78 Å². The van der Waals surface area contributed by atoms with E-state index in [9.17, 15) is 18.8 Å². The molecule has 0 spiro atoms. The van der Waals surface area contributed by atoms with Crippen LogP contribution in [-0.2, 0) is 4.79 Å². The number of nitrogens with one attached hydrogen (secondary N) is 1. The topological polar surface area (TPSA) is 98.5 Å². The summed E-state index contributed by atoms with van der Waals surface area (Å²) in [5.74, 6) is -2.23. The Morgan fingerprint density at radius 1 is 1.19 bits per heavy atom. The van der Waals surface area contributed by atoms with Gasteiger partial charge < -0.3 is 15.8 Å². The third-order valence-electron chi connectivity index (χ3n) is 3.55. The van der Waals surface area contributed by atoms with E-state index in [-0.39, 0.29) is 29.1 Å². The molecule has 6 nitrogen and oxygen atoms in total. The summed E-state index contributed by atoms with van der Waals surface area (Å²) < 4.78 is 18.7. The molecule has 0 bridgehead atoms. The maximum Gasteiger partial charge on any atom is 0.343 e. The van der Waals surface area contributed by atoms with Gasteiger partial charge in [-0.25, -0.2) is 9.18 Å². The van der Waals surface area contributed by atoms with Crippen LogP contribution in [0.4, 0.5) is 10.1 Å². The number of benzene rings is 2. The van der Waals surface area contributed by atoms with Crippen molar-refractivity contribution in [3.8, 4) is 5.75 Å². The van der Waals surface area contributed by atoms with Gasteiger partial charge in [0.2, 0.25) is 5.91 Å². The van der Waals surface area contributed by atoms with Crippen molar-refractivity contribution in [1.82, 2.24) is 0 Å². The van der Waals surface area contributed by atoms with E-state index in [1.54, 1.807) is 19.1 Å². The average molecular weight is 358 g/mol. The number of halogens is 1. The second kappa shape index (κ2) is 8.35. The van der Waals surface area contributed by atoms with Crippen LogP contribution in [0.1, 0.15) is 41.0 Å². The zero-order valence-corrected chi connectivity index (χ0v) is 14.4. The van der Waals surface area contributed by atoms with E-state index in [1.807, 2.05) is 0 Å². The molecule has 2 rings (SSSR count). The van der Waals surface area contributed by atoms with Crippen molar-refractivity contribution in [3.05, 3.63) is 59.4 Å². The van der Waals surface area contributed by atoms with E-state index >= 15 is 0 Å². The summed E-state index contributed by atoms with van der Waals surface area (Å²) >= 11 is 0. The molecule has 136 valence electrons. The maximum atomic E-state index is 13.5. The van der Waals surface area contributed by atoms with Crippen LogP contribution >= 0.6 is 0 Å². The van der Waals surface area contributed by atoms with Crippen LogP contribution in [0.3, 0.4) is 0 Å². The van der Waals surface area contributed by atoms with Crippen molar-refractivity contribution in [2.75, 3.05) is 5.32 Å². The van der Waals surface area contributed by atoms with Crippen molar-refractivity contribution >= 4 is 23.3 Å². The van der Waals surface area contributed by atoms with E-state index in [0.29, 0.717) is 5.69 Å². The highest BCUT2D eigenvalue weighted by atomic mass is 19.1. The van der Waals surface area contributed by atoms with Gasteiger partial charge in [-0.3, -0.25) is 9.59 Å². The van der Waals surface area contributed by atoms with Crippen LogP contribution in [0.15, 0.2) is 42.5 Å². The number of esters is 1. The second-order valence-corrected chi connectivity index (χ2v) is 5.67. The standard InChI is InChI=1S/C19H19FN2O4/c1-3-16(23)15-8-7-13(20)10-17(15)26-19(25)12-5-4-6-14(9-12)22-18(24)11(2)21/h4-11H,3,21H2,1-2H3,(H,22,24)/t11-/m0/s1. The molecular weight excluding hydrogens is 339 g/mol. The highest BCUT2D eigenvalue weighted by Crippen LogP contribution is 2.23. The number of carbonyl (C=O) groups is 3. The van der Waals surface area contributed by atoms with Crippen LogP contribution in [0.2, 0.25) is 0 Å². The fourth-order valence-corrected chi connectivity index (χ4v) is 2.14. The fraction of sp³-hybridized carbons (Fsp3) is 0.211. The van der Waals surface area contributed by atoms with Crippen molar-refractivity contribution in [2.24, 2.45) is 5.73 Å². The molecule has 26 heavy (non-hydrogen) atoms. The third kappa shape index (κ3) is 4.73. The molecule has 7 heteroatoms. The second-order valence-electron chi connectivity index (χ2n) is 5.67. The fourth-order valence-electron chi connectivity index (χ4n) is 2.14. The molecule has 0 unspecified atom stereocenters. The Morgan fingerprint density at radius 2 is 1.92 bits per heavy atom.